The number of unbranched alkanes of at least 4 members (excludes halogenated alkanes) is 2. The second kappa shape index (κ2) is 30.8. The van der Waals surface area contributed by atoms with Crippen LogP contribution in [-0.2, 0) is 49.5 Å². The van der Waals surface area contributed by atoms with Crippen LogP contribution < -0.4 is 15.5 Å². The molecule has 2 aromatic carbocycles. The maximum absolute atomic E-state index is 14.5. The van der Waals surface area contributed by atoms with Crippen LogP contribution in [0.2, 0.25) is 0 Å². The van der Waals surface area contributed by atoms with Crippen molar-refractivity contribution in [1.29, 1.82) is 0 Å². The Morgan fingerprint density at radius 3 is 2.07 bits per heavy atom. The fraction of sp³-hybridized carbons (Fsp3) is 0.627. The molecule has 9 atom stereocenters. The Morgan fingerprint density at radius 1 is 0.829 bits per heavy atom. The highest BCUT2D eigenvalue weighted by atomic mass is 16.5. The number of rotatable bonds is 32. The van der Waals surface area contributed by atoms with E-state index in [1.165, 1.54) is 17.1 Å². The van der Waals surface area contributed by atoms with Gasteiger partial charge in [-0.05, 0) is 106 Å². The number of benzene rings is 2. The minimum absolute atomic E-state index is 0.0223. The van der Waals surface area contributed by atoms with Crippen molar-refractivity contribution in [3.63, 3.8) is 0 Å². The lowest BCUT2D eigenvalue weighted by Gasteiger charge is -2.41. The van der Waals surface area contributed by atoms with Crippen molar-refractivity contribution >= 4 is 46.9 Å². The summed E-state index contributed by atoms with van der Waals surface area (Å²) < 4.78 is 18.5. The van der Waals surface area contributed by atoms with E-state index in [1.807, 2.05) is 113 Å². The van der Waals surface area contributed by atoms with Crippen molar-refractivity contribution in [2.75, 3.05) is 55.1 Å². The van der Waals surface area contributed by atoms with Gasteiger partial charge in [-0.25, -0.2) is 5.43 Å². The Kier molecular flexibility index (Phi) is 25.5. The predicted octanol–water partition coefficient (Wildman–Crippen LogP) is 6.86. The van der Waals surface area contributed by atoms with Gasteiger partial charge in [-0.2, -0.15) is 5.10 Å². The molecule has 0 saturated carbocycles. The molecule has 0 unspecified atom stereocenters. The Hall–Kier alpha value is -5.78. The van der Waals surface area contributed by atoms with Crippen molar-refractivity contribution in [3.8, 4) is 5.75 Å². The fourth-order valence-electron chi connectivity index (χ4n) is 10.8. The Bertz CT molecular complexity index is 2260. The highest BCUT2D eigenvalue weighted by Gasteiger charge is 2.43. The smallest absolute Gasteiger partial charge is 0.253 e. The summed E-state index contributed by atoms with van der Waals surface area (Å²) in [7, 11) is 8.72. The third-order valence-electron chi connectivity index (χ3n) is 15.2. The number of carbonyl (C=O) groups excluding carboxylic acids is 7. The normalized spacial score (nSPS) is 18.1. The monoisotopic (exact) mass is 1060 g/mol. The highest BCUT2D eigenvalue weighted by Crippen LogP contribution is 2.31. The molecule has 2 aromatic rings. The fourth-order valence-corrected chi connectivity index (χ4v) is 10.8. The summed E-state index contributed by atoms with van der Waals surface area (Å²) in [5, 5.41) is 7.51. The average Bonchev–Trinajstić information content (AvgIpc) is 4.01. The number of methoxy groups -OCH3 is 2. The Labute approximate surface area is 452 Å². The number of amides is 6. The molecule has 4 rings (SSSR count). The molecule has 0 bridgehead atoms. The van der Waals surface area contributed by atoms with E-state index in [9.17, 15) is 33.6 Å². The van der Waals surface area contributed by atoms with Crippen LogP contribution in [0.1, 0.15) is 124 Å². The summed E-state index contributed by atoms with van der Waals surface area (Å²) >= 11 is 0. The van der Waals surface area contributed by atoms with Gasteiger partial charge in [0, 0.05) is 65.3 Å². The minimum Gasteiger partial charge on any atom is -0.491 e. The van der Waals surface area contributed by atoms with Crippen LogP contribution in [-0.4, -0.2) is 158 Å². The van der Waals surface area contributed by atoms with Crippen LogP contribution >= 0.6 is 0 Å². The van der Waals surface area contributed by atoms with Gasteiger partial charge in [-0.15, -0.1) is 0 Å². The van der Waals surface area contributed by atoms with Crippen LogP contribution in [0.25, 0.3) is 0 Å². The number of likely N-dealkylation sites (N-methyl/N-ethyl adjacent to an activating group) is 2. The van der Waals surface area contributed by atoms with Gasteiger partial charge in [0.1, 0.15) is 12.4 Å². The number of ketones is 1. The van der Waals surface area contributed by atoms with Gasteiger partial charge < -0.3 is 29.3 Å². The Morgan fingerprint density at radius 2 is 1.49 bits per heavy atom. The van der Waals surface area contributed by atoms with E-state index in [0.29, 0.717) is 56.7 Å². The number of likely N-dealkylation sites (tertiary alicyclic amines) is 1. The first-order valence-corrected chi connectivity index (χ1v) is 27.4. The molecule has 6 amide bonds. The number of hydrogen-bond acceptors (Lipinski definition) is 12. The number of imide groups is 1. The van der Waals surface area contributed by atoms with E-state index in [2.05, 4.69) is 29.7 Å². The van der Waals surface area contributed by atoms with Gasteiger partial charge in [0.05, 0.1) is 54.4 Å². The van der Waals surface area contributed by atoms with Gasteiger partial charge in [0.25, 0.3) is 11.8 Å². The molecule has 0 aromatic heterocycles. The molecule has 0 aliphatic carbocycles. The number of hydrogen-bond donors (Lipinski definition) is 2. The van der Waals surface area contributed by atoms with Crippen molar-refractivity contribution in [3.05, 3.63) is 77.9 Å². The van der Waals surface area contributed by atoms with E-state index in [0.717, 1.165) is 24.0 Å². The first-order chi connectivity index (χ1) is 36.1. The molecule has 420 valence electrons. The van der Waals surface area contributed by atoms with E-state index < -0.39 is 36.1 Å². The highest BCUT2D eigenvalue weighted by molar-refractivity contribution is 6.12. The Balaban J connectivity index is 1.39. The molecular formula is C59H89N7O10. The standard InChI is InChI=1S/C59H89N7O10/c1-14-40(6)56(64(11)59(73)47(38(2)3)35-49(67)55(39(4)5)63(9)10)50(74-12)36-54(71)65-33-21-24-48(65)57(75-13)41(7)58(72)60-45(34-43-22-17-15-18-23-43)37-76-46-28-26-44(27-29-46)42(8)61-62-51(68)25-19-16-20-32-66-52(69)30-31-53(66)70/h15,17-18,22-23,26-31,38-41,45,47-48,50,55-57H,14,16,19-21,24-25,32-37H2,1-13H3,(H,60,72)(H,62,68)/b61-42-/t40-,41+,45-,47-,48-,50+,55-,56-,57+/m0/s1. The molecule has 2 N–H and O–H groups in total. The lowest BCUT2D eigenvalue weighted by Crippen LogP contribution is -2.55. The van der Waals surface area contributed by atoms with Crippen LogP contribution in [0.3, 0.4) is 0 Å². The molecular weight excluding hydrogens is 967 g/mol. The third kappa shape index (κ3) is 17.9. The lowest BCUT2D eigenvalue weighted by molar-refractivity contribution is -0.149. The second-order valence-electron chi connectivity index (χ2n) is 21.7. The maximum Gasteiger partial charge on any atom is 0.253 e. The maximum atomic E-state index is 14.5. The number of nitrogens with zero attached hydrogens (tertiary/aromatic N) is 5. The molecule has 2 aliphatic heterocycles. The summed E-state index contributed by atoms with van der Waals surface area (Å²) in [6.07, 6.45) is 6.21. The summed E-state index contributed by atoms with van der Waals surface area (Å²) in [4.78, 5) is 99.6. The third-order valence-corrected chi connectivity index (χ3v) is 15.2. The van der Waals surface area contributed by atoms with Gasteiger partial charge >= 0.3 is 0 Å². The molecule has 2 heterocycles. The minimum atomic E-state index is -0.645. The first-order valence-electron chi connectivity index (χ1n) is 27.4. The number of Topliss-reactive ketones (excluding diaryl/α,β-unsaturated/α-hetero) is 1. The van der Waals surface area contributed by atoms with Gasteiger partial charge in [-0.3, -0.25) is 43.4 Å². The molecule has 17 heteroatoms. The van der Waals surface area contributed by atoms with Crippen LogP contribution in [0.15, 0.2) is 71.9 Å². The zero-order valence-corrected chi connectivity index (χ0v) is 47.7. The molecule has 76 heavy (non-hydrogen) atoms. The summed E-state index contributed by atoms with van der Waals surface area (Å²) in [6.45, 7) is 16.7. The number of ether oxygens (including phenoxy) is 3. The average molecular weight is 1060 g/mol. The zero-order chi connectivity index (χ0) is 56.2. The molecule has 2 aliphatic rings. The van der Waals surface area contributed by atoms with Crippen molar-refractivity contribution in [2.24, 2.45) is 34.7 Å². The number of hydrazone groups is 1. The molecule has 0 spiro atoms. The van der Waals surface area contributed by atoms with Crippen molar-refractivity contribution in [2.45, 2.75) is 156 Å². The van der Waals surface area contributed by atoms with E-state index in [-0.39, 0.29) is 96.9 Å². The number of carbonyl (C=O) groups is 7. The predicted molar refractivity (Wildman–Crippen MR) is 295 cm³/mol. The lowest BCUT2D eigenvalue weighted by atomic mass is 9.83. The quantitative estimate of drug-likeness (QED) is 0.0336. The van der Waals surface area contributed by atoms with Gasteiger partial charge in [0.15, 0.2) is 5.78 Å². The van der Waals surface area contributed by atoms with Crippen LogP contribution in [0.5, 0.6) is 5.75 Å². The topological polar surface area (TPSA) is 197 Å². The van der Waals surface area contributed by atoms with Gasteiger partial charge in [0.2, 0.25) is 23.6 Å². The SMILES string of the molecule is CC[C@H](C)[C@@H]([C@@H](CC(=O)N1CCC[C@H]1[C@H](OC)[C@@H](C)C(=O)N[C@H](COc1ccc(/C(C)=N\NC(=O)CCCCCN2C(=O)C=CC2=O)cc1)Cc1ccccc1)OC)N(C)C(=O)[C@@H](CC(=O)[C@H](C(C)C)N(C)C)C(C)C. The summed E-state index contributed by atoms with van der Waals surface area (Å²) in [5.41, 5.74) is 5.01. The second-order valence-corrected chi connectivity index (χ2v) is 21.7. The van der Waals surface area contributed by atoms with Crippen LogP contribution in [0, 0.1) is 29.6 Å². The van der Waals surface area contributed by atoms with E-state index >= 15 is 0 Å². The van der Waals surface area contributed by atoms with Crippen molar-refractivity contribution < 1.29 is 47.8 Å². The molecule has 0 radical (unpaired) electrons. The molecule has 17 nitrogen and oxygen atoms in total. The van der Waals surface area contributed by atoms with Crippen molar-refractivity contribution in [1.82, 2.24) is 30.3 Å². The summed E-state index contributed by atoms with van der Waals surface area (Å²) in [6, 6.07) is 15.6. The van der Waals surface area contributed by atoms with Crippen LogP contribution in [0.4, 0.5) is 0 Å². The number of nitrogens with one attached hydrogen (secondary N) is 2. The van der Waals surface area contributed by atoms with E-state index in [1.54, 1.807) is 33.1 Å². The summed E-state index contributed by atoms with van der Waals surface area (Å²) in [5.74, 6) is -1.94. The first kappa shape index (κ1) is 62.8. The molecule has 1 saturated heterocycles. The van der Waals surface area contributed by atoms with E-state index in [4.69, 9.17) is 14.2 Å². The zero-order valence-electron chi connectivity index (χ0n) is 47.7. The molecule has 1 fully saturated rings. The van der Waals surface area contributed by atoms with Gasteiger partial charge in [-0.1, -0.05) is 91.6 Å². The largest absolute Gasteiger partial charge is 0.491 e.